The summed E-state index contributed by atoms with van der Waals surface area (Å²) < 4.78 is 21.4. The lowest BCUT2D eigenvalue weighted by molar-refractivity contribution is -0.152. The first-order chi connectivity index (χ1) is 14.6. The summed E-state index contributed by atoms with van der Waals surface area (Å²) in [5.41, 5.74) is 1.75. The number of methoxy groups -OCH3 is 2. The van der Waals surface area contributed by atoms with Crippen LogP contribution >= 0.6 is 0 Å². The van der Waals surface area contributed by atoms with Crippen molar-refractivity contribution in [3.05, 3.63) is 59.7 Å². The highest BCUT2D eigenvalue weighted by Gasteiger charge is 2.64. The summed E-state index contributed by atoms with van der Waals surface area (Å²) in [5, 5.41) is 0. The van der Waals surface area contributed by atoms with Crippen LogP contribution in [0.5, 0.6) is 11.5 Å². The molecule has 0 spiro atoms. The average Bonchev–Trinajstić information content (AvgIpc) is 3.34. The van der Waals surface area contributed by atoms with E-state index in [9.17, 15) is 9.59 Å². The molecule has 4 unspecified atom stereocenters. The van der Waals surface area contributed by atoms with Gasteiger partial charge in [0, 0.05) is 0 Å². The van der Waals surface area contributed by atoms with E-state index in [4.69, 9.17) is 18.9 Å². The Morgan fingerprint density at radius 2 is 1.40 bits per heavy atom. The fourth-order valence-corrected chi connectivity index (χ4v) is 4.53. The van der Waals surface area contributed by atoms with Crippen LogP contribution in [-0.4, -0.2) is 26.2 Å². The predicted molar refractivity (Wildman–Crippen MR) is 109 cm³/mol. The lowest BCUT2D eigenvalue weighted by Crippen LogP contribution is -2.21. The third kappa shape index (κ3) is 4.27. The lowest BCUT2D eigenvalue weighted by atomic mass is 10.00. The predicted octanol–water partition coefficient (Wildman–Crippen LogP) is 3.76. The van der Waals surface area contributed by atoms with Crippen molar-refractivity contribution in [2.75, 3.05) is 14.2 Å². The van der Waals surface area contributed by atoms with Gasteiger partial charge in [-0.05, 0) is 60.1 Å². The number of esters is 2. The molecule has 30 heavy (non-hydrogen) atoms. The fourth-order valence-electron chi connectivity index (χ4n) is 4.53. The van der Waals surface area contributed by atoms with Gasteiger partial charge in [-0.25, -0.2) is 0 Å². The molecule has 0 aromatic heterocycles. The van der Waals surface area contributed by atoms with E-state index in [1.165, 1.54) is 0 Å². The van der Waals surface area contributed by atoms with Crippen LogP contribution in [0, 0.1) is 23.7 Å². The van der Waals surface area contributed by atoms with Gasteiger partial charge in [0.05, 0.1) is 26.1 Å². The van der Waals surface area contributed by atoms with Crippen molar-refractivity contribution in [2.24, 2.45) is 23.7 Å². The lowest BCUT2D eigenvalue weighted by Gasteiger charge is -2.14. The Morgan fingerprint density at radius 3 is 1.97 bits per heavy atom. The number of hydrogen-bond acceptors (Lipinski definition) is 6. The van der Waals surface area contributed by atoms with Crippen LogP contribution in [0.2, 0.25) is 0 Å². The first-order valence-corrected chi connectivity index (χ1v) is 10.2. The summed E-state index contributed by atoms with van der Waals surface area (Å²) in [5.74, 6) is 0.856. The molecular formula is C24H26O6. The smallest absolute Gasteiger partial charge is 0.309 e. The Balaban J connectivity index is 1.28. The summed E-state index contributed by atoms with van der Waals surface area (Å²) in [6.45, 7) is 0.409. The number of ether oxygens (including phenoxy) is 4. The minimum Gasteiger partial charge on any atom is -0.497 e. The highest BCUT2D eigenvalue weighted by molar-refractivity contribution is 5.81. The van der Waals surface area contributed by atoms with E-state index in [-0.39, 0.29) is 48.8 Å². The molecule has 0 bridgehead atoms. The maximum Gasteiger partial charge on any atom is 0.309 e. The second kappa shape index (κ2) is 8.78. The van der Waals surface area contributed by atoms with Crippen LogP contribution in [0.4, 0.5) is 0 Å². The molecular weight excluding hydrogens is 384 g/mol. The Labute approximate surface area is 176 Å². The zero-order valence-corrected chi connectivity index (χ0v) is 17.2. The minimum absolute atomic E-state index is 0.0422. The van der Waals surface area contributed by atoms with Gasteiger partial charge in [-0.15, -0.1) is 0 Å². The molecule has 2 aromatic carbocycles. The van der Waals surface area contributed by atoms with E-state index >= 15 is 0 Å². The third-order valence-electron chi connectivity index (χ3n) is 6.11. The van der Waals surface area contributed by atoms with Crippen LogP contribution in [0.25, 0.3) is 0 Å². The Kier molecular flexibility index (Phi) is 5.93. The molecule has 0 saturated heterocycles. The van der Waals surface area contributed by atoms with Crippen molar-refractivity contribution in [3.8, 4) is 11.5 Å². The third-order valence-corrected chi connectivity index (χ3v) is 6.11. The van der Waals surface area contributed by atoms with Crippen molar-refractivity contribution < 1.29 is 28.5 Å². The summed E-state index contributed by atoms with van der Waals surface area (Å²) in [6.07, 6.45) is 1.63. The van der Waals surface area contributed by atoms with Crippen LogP contribution in [0.15, 0.2) is 48.5 Å². The largest absolute Gasteiger partial charge is 0.497 e. The molecule has 0 heterocycles. The standard InChI is InChI=1S/C24H26O6/c1-27-17-7-3-5-15(11-17)13-29-23(25)20-10-9-19-21(20)22(19)24(26)30-14-16-6-4-8-18(12-16)28-2/h3-8,11-12,19-22H,9-10,13-14H2,1-2H3. The van der Waals surface area contributed by atoms with Crippen molar-refractivity contribution in [1.82, 2.24) is 0 Å². The minimum atomic E-state index is -0.228. The molecule has 6 heteroatoms. The summed E-state index contributed by atoms with van der Waals surface area (Å²) in [4.78, 5) is 25.2. The molecule has 0 amide bonds. The number of carbonyl (C=O) groups is 2. The first-order valence-electron chi connectivity index (χ1n) is 10.2. The number of hydrogen-bond donors (Lipinski definition) is 0. The van der Waals surface area contributed by atoms with Gasteiger partial charge in [0.15, 0.2) is 0 Å². The van der Waals surface area contributed by atoms with Gasteiger partial charge in [0.2, 0.25) is 0 Å². The molecule has 158 valence electrons. The number of rotatable bonds is 8. The highest BCUT2D eigenvalue weighted by atomic mass is 16.5. The Bertz CT molecular complexity index is 923. The summed E-state index contributed by atoms with van der Waals surface area (Å²) in [7, 11) is 3.20. The molecule has 2 aliphatic rings. The van der Waals surface area contributed by atoms with Gasteiger partial charge in [-0.3, -0.25) is 9.59 Å². The topological polar surface area (TPSA) is 71.1 Å². The van der Waals surface area contributed by atoms with Gasteiger partial charge in [-0.1, -0.05) is 24.3 Å². The van der Waals surface area contributed by atoms with Crippen LogP contribution in [0.3, 0.4) is 0 Å². The normalized spacial score (nSPS) is 23.9. The maximum atomic E-state index is 12.6. The molecule has 6 nitrogen and oxygen atoms in total. The Hall–Kier alpha value is -3.02. The maximum absolute atomic E-state index is 12.6. The van der Waals surface area contributed by atoms with E-state index < -0.39 is 0 Å². The van der Waals surface area contributed by atoms with Crippen molar-refractivity contribution in [1.29, 1.82) is 0 Å². The first kappa shape index (κ1) is 20.3. The van der Waals surface area contributed by atoms with Crippen LogP contribution in [0.1, 0.15) is 24.0 Å². The van der Waals surface area contributed by atoms with Gasteiger partial charge in [0.1, 0.15) is 24.7 Å². The molecule has 4 rings (SSSR count). The molecule has 2 aromatic rings. The molecule has 2 aliphatic carbocycles. The van der Waals surface area contributed by atoms with E-state index in [2.05, 4.69) is 0 Å². The van der Waals surface area contributed by atoms with Crippen LogP contribution in [-0.2, 0) is 32.3 Å². The molecule has 2 fully saturated rings. The summed E-state index contributed by atoms with van der Waals surface area (Å²) >= 11 is 0. The fraction of sp³-hybridized carbons (Fsp3) is 0.417. The SMILES string of the molecule is COc1cccc(COC(=O)C2CCC3C(C(=O)OCc4cccc(OC)c4)C23)c1. The van der Waals surface area contributed by atoms with E-state index in [0.717, 1.165) is 35.5 Å². The second-order valence-electron chi connectivity index (χ2n) is 7.87. The Morgan fingerprint density at radius 1 is 0.833 bits per heavy atom. The second-order valence-corrected chi connectivity index (χ2v) is 7.87. The van der Waals surface area contributed by atoms with Gasteiger partial charge < -0.3 is 18.9 Å². The number of fused-ring (bicyclic) bond motifs is 1. The van der Waals surface area contributed by atoms with E-state index in [0.29, 0.717) is 0 Å². The quantitative estimate of drug-likeness (QED) is 0.617. The molecule has 4 atom stereocenters. The van der Waals surface area contributed by atoms with Crippen molar-refractivity contribution in [3.63, 3.8) is 0 Å². The molecule has 2 saturated carbocycles. The average molecular weight is 410 g/mol. The van der Waals surface area contributed by atoms with Crippen LogP contribution < -0.4 is 9.47 Å². The highest BCUT2D eigenvalue weighted by Crippen LogP contribution is 2.61. The summed E-state index contributed by atoms with van der Waals surface area (Å²) in [6, 6.07) is 14.9. The molecule has 0 N–H and O–H groups in total. The van der Waals surface area contributed by atoms with Gasteiger partial charge in [0.25, 0.3) is 0 Å². The zero-order valence-electron chi connectivity index (χ0n) is 17.2. The molecule has 0 radical (unpaired) electrons. The van der Waals surface area contributed by atoms with Crippen molar-refractivity contribution >= 4 is 11.9 Å². The van der Waals surface area contributed by atoms with E-state index in [1.54, 1.807) is 14.2 Å². The number of carbonyl (C=O) groups excluding carboxylic acids is 2. The van der Waals surface area contributed by atoms with Gasteiger partial charge >= 0.3 is 11.9 Å². The monoisotopic (exact) mass is 410 g/mol. The van der Waals surface area contributed by atoms with Gasteiger partial charge in [-0.2, -0.15) is 0 Å². The molecule has 0 aliphatic heterocycles. The zero-order chi connectivity index (χ0) is 21.1. The number of benzene rings is 2. The van der Waals surface area contributed by atoms with E-state index in [1.807, 2.05) is 48.5 Å². The van der Waals surface area contributed by atoms with Crippen molar-refractivity contribution in [2.45, 2.75) is 26.1 Å².